The summed E-state index contributed by atoms with van der Waals surface area (Å²) < 4.78 is 5.38. The van der Waals surface area contributed by atoms with E-state index in [4.69, 9.17) is 4.42 Å². The Morgan fingerprint density at radius 2 is 1.75 bits per heavy atom. The molecule has 0 spiro atoms. The van der Waals surface area contributed by atoms with E-state index in [1.807, 2.05) is 44.2 Å². The Labute approximate surface area is 161 Å². The smallest absolute Gasteiger partial charge is 0.336 e. The van der Waals surface area contributed by atoms with Crippen LogP contribution in [0.15, 0.2) is 57.7 Å². The van der Waals surface area contributed by atoms with E-state index in [9.17, 15) is 14.4 Å². The van der Waals surface area contributed by atoms with Crippen LogP contribution in [0.5, 0.6) is 0 Å². The molecule has 2 heterocycles. The van der Waals surface area contributed by atoms with Gasteiger partial charge in [0.1, 0.15) is 11.1 Å². The third-order valence-corrected chi connectivity index (χ3v) is 5.47. The summed E-state index contributed by atoms with van der Waals surface area (Å²) in [6.45, 7) is 5.50. The van der Waals surface area contributed by atoms with Gasteiger partial charge in [-0.1, -0.05) is 42.5 Å². The fraction of sp³-hybridized carbons (Fsp3) is 0.227. The van der Waals surface area contributed by atoms with E-state index in [1.54, 1.807) is 19.1 Å². The van der Waals surface area contributed by atoms with Crippen molar-refractivity contribution in [1.82, 2.24) is 10.2 Å². The summed E-state index contributed by atoms with van der Waals surface area (Å²) in [7, 11) is 0. The molecule has 1 aromatic heterocycles. The van der Waals surface area contributed by atoms with Gasteiger partial charge in [-0.25, -0.2) is 9.59 Å². The number of hydrogen-bond acceptors (Lipinski definition) is 4. The highest BCUT2D eigenvalue weighted by Gasteiger charge is 2.48. The normalized spacial score (nSPS) is 19.3. The number of carbonyl (C=O) groups is 2. The first kappa shape index (κ1) is 18.0. The fourth-order valence-electron chi connectivity index (χ4n) is 3.63. The second-order valence-electron chi connectivity index (χ2n) is 7.29. The molecule has 0 bridgehead atoms. The minimum absolute atomic E-state index is 0.00229. The molecule has 6 heteroatoms. The lowest BCUT2D eigenvalue weighted by atomic mass is 9.92. The Morgan fingerprint density at radius 3 is 2.46 bits per heavy atom. The van der Waals surface area contributed by atoms with Crippen molar-refractivity contribution in [3.63, 3.8) is 0 Å². The molecule has 4 rings (SSSR count). The summed E-state index contributed by atoms with van der Waals surface area (Å²) in [5.74, 6) is -0.353. The summed E-state index contributed by atoms with van der Waals surface area (Å²) in [5.41, 5.74) is 1.99. The molecule has 0 unspecified atom stereocenters. The molecule has 3 aromatic rings. The SMILES string of the molecule is Cc1ccc2c(CN3C(=O)N[C@](C)(c4ccccc4)C3=O)cc(=O)oc2c1C. The molecule has 1 N–H and O–H groups in total. The number of nitrogens with one attached hydrogen (secondary N) is 1. The van der Waals surface area contributed by atoms with Gasteiger partial charge >= 0.3 is 11.7 Å². The maximum atomic E-state index is 13.1. The van der Waals surface area contributed by atoms with Crippen molar-refractivity contribution >= 4 is 22.9 Å². The van der Waals surface area contributed by atoms with Crippen molar-refractivity contribution in [2.24, 2.45) is 0 Å². The van der Waals surface area contributed by atoms with Crippen molar-refractivity contribution < 1.29 is 14.0 Å². The largest absolute Gasteiger partial charge is 0.422 e. The van der Waals surface area contributed by atoms with Crippen LogP contribution in [0, 0.1) is 13.8 Å². The van der Waals surface area contributed by atoms with Gasteiger partial charge in [-0.05, 0) is 43.0 Å². The number of imide groups is 1. The number of benzene rings is 2. The lowest BCUT2D eigenvalue weighted by Crippen LogP contribution is -2.40. The zero-order valence-corrected chi connectivity index (χ0v) is 15.9. The Balaban J connectivity index is 1.76. The first-order valence-electron chi connectivity index (χ1n) is 9.04. The maximum absolute atomic E-state index is 13.1. The second kappa shape index (κ2) is 6.34. The van der Waals surface area contributed by atoms with Gasteiger partial charge in [0.15, 0.2) is 0 Å². The average molecular weight is 376 g/mol. The molecule has 0 aliphatic carbocycles. The lowest BCUT2D eigenvalue weighted by Gasteiger charge is -2.22. The van der Waals surface area contributed by atoms with E-state index >= 15 is 0 Å². The quantitative estimate of drug-likeness (QED) is 0.561. The van der Waals surface area contributed by atoms with Gasteiger partial charge in [0.25, 0.3) is 5.91 Å². The molecule has 1 fully saturated rings. The third-order valence-electron chi connectivity index (χ3n) is 5.47. The van der Waals surface area contributed by atoms with Gasteiger partial charge in [0, 0.05) is 11.5 Å². The highest BCUT2D eigenvalue weighted by Crippen LogP contribution is 2.31. The molecule has 1 atom stereocenters. The molecule has 3 amide bonds. The van der Waals surface area contributed by atoms with E-state index in [0.717, 1.165) is 21.4 Å². The van der Waals surface area contributed by atoms with Crippen molar-refractivity contribution in [3.8, 4) is 0 Å². The van der Waals surface area contributed by atoms with Crippen LogP contribution in [0.1, 0.15) is 29.2 Å². The number of rotatable bonds is 3. The van der Waals surface area contributed by atoms with Crippen LogP contribution in [0.2, 0.25) is 0 Å². The maximum Gasteiger partial charge on any atom is 0.336 e. The fourth-order valence-corrected chi connectivity index (χ4v) is 3.63. The first-order chi connectivity index (χ1) is 13.3. The molecule has 0 radical (unpaired) electrons. The van der Waals surface area contributed by atoms with E-state index < -0.39 is 17.2 Å². The summed E-state index contributed by atoms with van der Waals surface area (Å²) in [6.07, 6.45) is 0. The van der Waals surface area contributed by atoms with E-state index in [1.165, 1.54) is 6.07 Å². The summed E-state index contributed by atoms with van der Waals surface area (Å²) in [4.78, 5) is 39.0. The number of amides is 3. The highest BCUT2D eigenvalue weighted by atomic mass is 16.4. The molecule has 6 nitrogen and oxygen atoms in total. The van der Waals surface area contributed by atoms with Gasteiger partial charge in [0.2, 0.25) is 0 Å². The van der Waals surface area contributed by atoms with Crippen LogP contribution in [-0.4, -0.2) is 16.8 Å². The van der Waals surface area contributed by atoms with Gasteiger partial charge in [-0.3, -0.25) is 9.69 Å². The lowest BCUT2D eigenvalue weighted by molar-refractivity contribution is -0.131. The summed E-state index contributed by atoms with van der Waals surface area (Å²) in [5, 5.41) is 3.50. The van der Waals surface area contributed by atoms with Crippen molar-refractivity contribution in [1.29, 1.82) is 0 Å². The number of carbonyl (C=O) groups excluding carboxylic acids is 2. The third kappa shape index (κ3) is 2.69. The minimum atomic E-state index is -1.14. The Morgan fingerprint density at radius 1 is 1.04 bits per heavy atom. The van der Waals surface area contributed by atoms with Gasteiger partial charge in [-0.15, -0.1) is 0 Å². The Kier molecular flexibility index (Phi) is 4.07. The molecule has 2 aromatic carbocycles. The topological polar surface area (TPSA) is 79.6 Å². The molecule has 142 valence electrons. The zero-order valence-electron chi connectivity index (χ0n) is 15.9. The first-order valence-corrected chi connectivity index (χ1v) is 9.04. The molecule has 1 aliphatic rings. The second-order valence-corrected chi connectivity index (χ2v) is 7.29. The Hall–Kier alpha value is -3.41. The van der Waals surface area contributed by atoms with Crippen molar-refractivity contribution in [3.05, 3.63) is 81.2 Å². The molecule has 0 saturated carbocycles. The zero-order chi connectivity index (χ0) is 20.1. The molecule has 1 aliphatic heterocycles. The van der Waals surface area contributed by atoms with Crippen LogP contribution in [-0.2, 0) is 16.9 Å². The van der Waals surface area contributed by atoms with Crippen molar-refractivity contribution in [2.75, 3.05) is 0 Å². The van der Waals surface area contributed by atoms with Gasteiger partial charge < -0.3 is 9.73 Å². The highest BCUT2D eigenvalue weighted by molar-refractivity contribution is 6.07. The molecule has 28 heavy (non-hydrogen) atoms. The van der Waals surface area contributed by atoms with Crippen molar-refractivity contribution in [2.45, 2.75) is 32.9 Å². The molecule has 1 saturated heterocycles. The number of urea groups is 1. The van der Waals surface area contributed by atoms with E-state index in [2.05, 4.69) is 5.32 Å². The number of nitrogens with zero attached hydrogens (tertiary/aromatic N) is 1. The number of hydrogen-bond donors (Lipinski definition) is 1. The standard InChI is InChI=1S/C22H20N2O4/c1-13-9-10-17-15(11-18(25)28-19(17)14(13)2)12-24-20(26)22(3,23-21(24)27)16-7-5-4-6-8-16/h4-11H,12H2,1-3H3,(H,23,27)/t22-/m1/s1. The number of fused-ring (bicyclic) bond motifs is 1. The predicted molar refractivity (Wildman–Crippen MR) is 105 cm³/mol. The molecular formula is C22H20N2O4. The number of aryl methyl sites for hydroxylation is 2. The summed E-state index contributed by atoms with van der Waals surface area (Å²) >= 11 is 0. The summed E-state index contributed by atoms with van der Waals surface area (Å²) in [6, 6.07) is 13.8. The monoisotopic (exact) mass is 376 g/mol. The van der Waals surface area contributed by atoms with Gasteiger partial charge in [0.05, 0.1) is 6.54 Å². The van der Waals surface area contributed by atoms with Crippen LogP contribution in [0.3, 0.4) is 0 Å². The molecular weight excluding hydrogens is 356 g/mol. The van der Waals surface area contributed by atoms with Crippen LogP contribution >= 0.6 is 0 Å². The van der Waals surface area contributed by atoms with Crippen LogP contribution in [0.4, 0.5) is 4.79 Å². The van der Waals surface area contributed by atoms with Crippen LogP contribution < -0.4 is 10.9 Å². The van der Waals surface area contributed by atoms with Gasteiger partial charge in [-0.2, -0.15) is 0 Å². The van der Waals surface area contributed by atoms with E-state index in [-0.39, 0.29) is 12.5 Å². The minimum Gasteiger partial charge on any atom is -0.422 e. The predicted octanol–water partition coefficient (Wildman–Crippen LogP) is 3.38. The van der Waals surface area contributed by atoms with E-state index in [0.29, 0.717) is 16.7 Å². The average Bonchev–Trinajstić information content (AvgIpc) is 2.90. The Bertz CT molecular complexity index is 1170. The van der Waals surface area contributed by atoms with Crippen LogP contribution in [0.25, 0.3) is 11.0 Å².